The van der Waals surface area contributed by atoms with Gasteiger partial charge in [-0.1, -0.05) is 218 Å². The Morgan fingerprint density at radius 2 is 0.905 bits per heavy atom. The van der Waals surface area contributed by atoms with Crippen LogP contribution in [-0.2, 0) is 5.41 Å². The van der Waals surface area contributed by atoms with Crippen molar-refractivity contribution in [1.82, 2.24) is 5.32 Å². The topological polar surface area (TPSA) is 24.4 Å². The molecule has 1 atom stereocenters. The number of aliphatic imine (C=N–C) groups is 1. The van der Waals surface area contributed by atoms with Crippen LogP contribution in [0.1, 0.15) is 45.0 Å². The molecule has 1 unspecified atom stereocenters. The summed E-state index contributed by atoms with van der Waals surface area (Å²) in [6.07, 6.45) is 2.30. The minimum absolute atomic E-state index is 0.218. The molecule has 1 N–H and O–H groups in total. The minimum Gasteiger partial charge on any atom is -0.340 e. The Balaban J connectivity index is 0.994. The van der Waals surface area contributed by atoms with E-state index in [4.69, 9.17) is 4.99 Å². The van der Waals surface area contributed by atoms with Crippen LogP contribution in [0.3, 0.4) is 0 Å². The molecule has 0 saturated carbocycles. The van der Waals surface area contributed by atoms with Gasteiger partial charge in [0.2, 0.25) is 0 Å². The minimum atomic E-state index is -0.466. The van der Waals surface area contributed by atoms with Crippen LogP contribution in [-0.4, -0.2) is 5.84 Å². The summed E-state index contributed by atoms with van der Waals surface area (Å²) < 4.78 is 0. The highest BCUT2D eigenvalue weighted by molar-refractivity contribution is 6.06. The quantitative estimate of drug-likeness (QED) is 0.171. The van der Waals surface area contributed by atoms with Crippen LogP contribution in [0.15, 0.2) is 248 Å². The van der Waals surface area contributed by atoms with Crippen molar-refractivity contribution in [2.45, 2.75) is 11.5 Å². The molecule has 10 aromatic rings. The summed E-state index contributed by atoms with van der Waals surface area (Å²) in [7, 11) is 0. The maximum atomic E-state index is 5.44. The molecule has 0 aromatic heterocycles. The molecule has 0 amide bonds. The van der Waals surface area contributed by atoms with Gasteiger partial charge >= 0.3 is 0 Å². The van der Waals surface area contributed by atoms with Gasteiger partial charge in [-0.25, -0.2) is 0 Å². The third-order valence-electron chi connectivity index (χ3n) is 13.2. The number of hydrogen-bond acceptors (Lipinski definition) is 2. The fraction of sp³-hybridized carbons (Fsp3) is 0.0328. The van der Waals surface area contributed by atoms with Crippen molar-refractivity contribution in [2.24, 2.45) is 4.99 Å². The highest BCUT2D eigenvalue weighted by Gasteiger charge is 2.46. The van der Waals surface area contributed by atoms with Crippen molar-refractivity contribution in [3.05, 3.63) is 282 Å². The number of benzene rings is 10. The largest absolute Gasteiger partial charge is 0.340 e. The van der Waals surface area contributed by atoms with Crippen LogP contribution >= 0.6 is 0 Å². The average molecular weight is 803 g/mol. The normalized spacial score (nSPS) is 15.0. The van der Waals surface area contributed by atoms with Crippen LogP contribution in [0.25, 0.3) is 60.6 Å². The molecular weight excluding hydrogens is 761 g/mol. The van der Waals surface area contributed by atoms with E-state index >= 15 is 0 Å². The molecule has 10 aromatic carbocycles. The first-order valence-corrected chi connectivity index (χ1v) is 21.8. The number of hydrogen-bond donors (Lipinski definition) is 1. The number of nitrogens with zero attached hydrogens (tertiary/aromatic N) is 1. The highest BCUT2D eigenvalue weighted by Crippen LogP contribution is 2.57. The Bertz CT molecular complexity index is 3360. The molecule has 1 aliphatic carbocycles. The summed E-state index contributed by atoms with van der Waals surface area (Å²) in [4.78, 5) is 5.44. The summed E-state index contributed by atoms with van der Waals surface area (Å²) in [5.74, 6) is 0.863. The zero-order chi connectivity index (χ0) is 41.7. The van der Waals surface area contributed by atoms with Gasteiger partial charge in [-0.15, -0.1) is 0 Å². The predicted molar refractivity (Wildman–Crippen MR) is 263 cm³/mol. The second-order valence-corrected chi connectivity index (χ2v) is 16.7. The Morgan fingerprint density at radius 1 is 0.365 bits per heavy atom. The number of nitrogens with one attached hydrogen (secondary N) is 1. The molecule has 1 heterocycles. The second kappa shape index (κ2) is 15.1. The lowest BCUT2D eigenvalue weighted by Gasteiger charge is -2.34. The molecule has 2 nitrogen and oxygen atoms in total. The Hall–Kier alpha value is -8.07. The molecule has 0 radical (unpaired) electrons. The first-order chi connectivity index (χ1) is 31.2. The third kappa shape index (κ3) is 6.14. The molecule has 0 bridgehead atoms. The zero-order valence-corrected chi connectivity index (χ0v) is 34.6. The third-order valence-corrected chi connectivity index (χ3v) is 13.2. The van der Waals surface area contributed by atoms with Crippen molar-refractivity contribution >= 4 is 33.1 Å². The Kier molecular flexibility index (Phi) is 8.83. The zero-order valence-electron chi connectivity index (χ0n) is 34.6. The van der Waals surface area contributed by atoms with Crippen molar-refractivity contribution < 1.29 is 0 Å². The molecule has 296 valence electrons. The van der Waals surface area contributed by atoms with Gasteiger partial charge in [0, 0.05) is 11.3 Å². The first-order valence-electron chi connectivity index (χ1n) is 21.8. The predicted octanol–water partition coefficient (Wildman–Crippen LogP) is 14.8. The monoisotopic (exact) mass is 802 g/mol. The molecular formula is C61H42N2. The van der Waals surface area contributed by atoms with E-state index in [9.17, 15) is 0 Å². The van der Waals surface area contributed by atoms with Gasteiger partial charge < -0.3 is 5.32 Å². The van der Waals surface area contributed by atoms with E-state index in [0.717, 1.165) is 22.7 Å². The Labute approximate surface area is 368 Å². The second-order valence-electron chi connectivity index (χ2n) is 16.7. The lowest BCUT2D eigenvalue weighted by Crippen LogP contribution is -2.28. The maximum absolute atomic E-state index is 5.44. The first kappa shape index (κ1) is 36.8. The van der Waals surface area contributed by atoms with Crippen molar-refractivity contribution in [3.63, 3.8) is 0 Å². The average Bonchev–Trinajstić information content (AvgIpc) is 3.67. The molecule has 1 aliphatic heterocycles. The molecule has 12 rings (SSSR count). The summed E-state index contributed by atoms with van der Waals surface area (Å²) in [5.41, 5.74) is 16.5. The van der Waals surface area contributed by atoms with Crippen LogP contribution in [0.2, 0.25) is 0 Å². The Morgan fingerprint density at radius 3 is 1.62 bits per heavy atom. The van der Waals surface area contributed by atoms with E-state index in [2.05, 4.69) is 248 Å². The van der Waals surface area contributed by atoms with E-state index < -0.39 is 5.41 Å². The van der Waals surface area contributed by atoms with Gasteiger partial charge in [0.25, 0.3) is 0 Å². The molecule has 2 heteroatoms. The fourth-order valence-corrected chi connectivity index (χ4v) is 10.3. The van der Waals surface area contributed by atoms with E-state index in [1.807, 2.05) is 0 Å². The van der Waals surface area contributed by atoms with Gasteiger partial charge in [-0.3, -0.25) is 4.99 Å². The van der Waals surface area contributed by atoms with Gasteiger partial charge in [0.05, 0.1) is 11.5 Å². The van der Waals surface area contributed by atoms with E-state index in [-0.39, 0.29) is 6.04 Å². The molecule has 0 saturated heterocycles. The fourth-order valence-electron chi connectivity index (χ4n) is 10.3. The molecule has 63 heavy (non-hydrogen) atoms. The summed E-state index contributed by atoms with van der Waals surface area (Å²) in [5, 5.41) is 8.57. The standard InChI is InChI=1S/C61H42N2/c1-5-17-41(18-6-1)43-29-30-45-38-47(32-31-44(45)37-43)58-40-59(63-60(62-58)42-19-7-2-8-20-42)55-36-35-50(51-25-13-14-26-52(51)55)46-33-34-54-53-27-15-16-28-56(53)61(57(54)39-46,48-21-9-3-10-22-48)49-23-11-4-12-24-49/h1-40,59H,(H,62,63). The number of fused-ring (bicyclic) bond motifs is 5. The van der Waals surface area contributed by atoms with Crippen molar-refractivity contribution in [1.29, 1.82) is 0 Å². The van der Waals surface area contributed by atoms with Gasteiger partial charge in [0.15, 0.2) is 0 Å². The van der Waals surface area contributed by atoms with E-state index in [0.29, 0.717) is 0 Å². The summed E-state index contributed by atoms with van der Waals surface area (Å²) in [6.45, 7) is 0. The lowest BCUT2D eigenvalue weighted by atomic mass is 9.67. The van der Waals surface area contributed by atoms with E-state index in [1.165, 1.54) is 82.7 Å². The lowest BCUT2D eigenvalue weighted by molar-refractivity contribution is 0.769. The molecule has 2 aliphatic rings. The van der Waals surface area contributed by atoms with Gasteiger partial charge in [-0.05, 0) is 113 Å². The van der Waals surface area contributed by atoms with Crippen molar-refractivity contribution in [2.75, 3.05) is 0 Å². The number of amidine groups is 1. The van der Waals surface area contributed by atoms with Crippen LogP contribution in [0.5, 0.6) is 0 Å². The summed E-state index contributed by atoms with van der Waals surface area (Å²) in [6, 6.07) is 86.1. The van der Waals surface area contributed by atoms with Crippen LogP contribution < -0.4 is 5.32 Å². The SMILES string of the molecule is C1=C(c2ccc3cc(-c4ccccc4)ccc3c2)NC(c2ccccc2)=NC1c1ccc(-c2ccc3c(c2)C(c2ccccc2)(c2ccccc2)c2ccccc2-3)c2ccccc12. The van der Waals surface area contributed by atoms with E-state index in [1.54, 1.807) is 0 Å². The van der Waals surface area contributed by atoms with Crippen LogP contribution in [0.4, 0.5) is 0 Å². The van der Waals surface area contributed by atoms with Crippen molar-refractivity contribution in [3.8, 4) is 33.4 Å². The number of rotatable bonds is 7. The summed E-state index contributed by atoms with van der Waals surface area (Å²) >= 11 is 0. The van der Waals surface area contributed by atoms with Gasteiger partial charge in [0.1, 0.15) is 5.84 Å². The van der Waals surface area contributed by atoms with Gasteiger partial charge in [-0.2, -0.15) is 0 Å². The smallest absolute Gasteiger partial charge is 0.133 e. The highest BCUT2D eigenvalue weighted by atomic mass is 15.0. The van der Waals surface area contributed by atoms with Crippen LogP contribution in [0, 0.1) is 0 Å². The molecule has 0 fully saturated rings. The molecule has 0 spiro atoms. The maximum Gasteiger partial charge on any atom is 0.133 e.